The van der Waals surface area contributed by atoms with Gasteiger partial charge in [-0.25, -0.2) is 0 Å². The van der Waals surface area contributed by atoms with Gasteiger partial charge in [-0.3, -0.25) is 15.2 Å². The predicted octanol–water partition coefficient (Wildman–Crippen LogP) is 4.91. The fraction of sp³-hybridized carbons (Fsp3) is 0.0455. The SMILES string of the molecule is N=C1C(=Cc2cccn2Cc2c(Cl)cccc2Cl)C(=O)N=C2SC(c3ccncc3)=NN12. The van der Waals surface area contributed by atoms with E-state index in [-0.39, 0.29) is 11.4 Å². The number of hydrazone groups is 1. The number of aliphatic imine (C=N–C) groups is 1. The Hall–Kier alpha value is -3.20. The number of carbonyl (C=O) groups is 1. The Morgan fingerprint density at radius 2 is 1.81 bits per heavy atom. The Balaban J connectivity index is 1.47. The molecule has 32 heavy (non-hydrogen) atoms. The molecule has 2 aromatic heterocycles. The van der Waals surface area contributed by atoms with Crippen LogP contribution in [0.4, 0.5) is 0 Å². The molecule has 3 aromatic rings. The zero-order valence-electron chi connectivity index (χ0n) is 16.4. The number of nitrogens with one attached hydrogen (secondary N) is 1. The number of benzene rings is 1. The van der Waals surface area contributed by atoms with Gasteiger partial charge in [-0.1, -0.05) is 29.3 Å². The van der Waals surface area contributed by atoms with E-state index in [1.807, 2.05) is 35.0 Å². The lowest BCUT2D eigenvalue weighted by Crippen LogP contribution is -2.35. The van der Waals surface area contributed by atoms with Crippen molar-refractivity contribution in [2.75, 3.05) is 0 Å². The Morgan fingerprint density at radius 3 is 2.56 bits per heavy atom. The van der Waals surface area contributed by atoms with Gasteiger partial charge in [-0.15, -0.1) is 0 Å². The number of hydrogen-bond acceptors (Lipinski definition) is 5. The van der Waals surface area contributed by atoms with Gasteiger partial charge in [0.05, 0.1) is 12.1 Å². The molecule has 7 nitrogen and oxygen atoms in total. The van der Waals surface area contributed by atoms with Crippen molar-refractivity contribution in [3.63, 3.8) is 0 Å². The number of halogens is 2. The van der Waals surface area contributed by atoms with E-state index in [1.54, 1.807) is 36.7 Å². The minimum absolute atomic E-state index is 0.0277. The molecule has 0 fully saturated rings. The van der Waals surface area contributed by atoms with Crippen LogP contribution in [0.15, 0.2) is 76.7 Å². The van der Waals surface area contributed by atoms with Crippen LogP contribution in [0.5, 0.6) is 0 Å². The summed E-state index contributed by atoms with van der Waals surface area (Å²) in [4.78, 5) is 20.9. The topological polar surface area (TPSA) is 86.7 Å². The third kappa shape index (κ3) is 3.77. The molecule has 0 bridgehead atoms. The lowest BCUT2D eigenvalue weighted by molar-refractivity contribution is -0.114. The Labute approximate surface area is 197 Å². The van der Waals surface area contributed by atoms with Crippen LogP contribution >= 0.6 is 35.0 Å². The first-order valence-electron chi connectivity index (χ1n) is 9.50. The highest BCUT2D eigenvalue weighted by Gasteiger charge is 2.36. The second kappa shape index (κ2) is 8.38. The quantitative estimate of drug-likeness (QED) is 0.537. The number of hydrogen-bond donors (Lipinski definition) is 1. The molecule has 4 heterocycles. The van der Waals surface area contributed by atoms with E-state index in [2.05, 4.69) is 15.1 Å². The third-order valence-corrected chi connectivity index (χ3v) is 6.59. The lowest BCUT2D eigenvalue weighted by Gasteiger charge is -2.20. The molecule has 0 aliphatic carbocycles. The monoisotopic (exact) mass is 480 g/mol. The first-order chi connectivity index (χ1) is 15.5. The molecule has 1 aromatic carbocycles. The molecule has 0 saturated heterocycles. The Morgan fingerprint density at radius 1 is 1.06 bits per heavy atom. The van der Waals surface area contributed by atoms with Gasteiger partial charge in [0, 0.05) is 45.5 Å². The van der Waals surface area contributed by atoms with Crippen molar-refractivity contribution < 1.29 is 4.79 Å². The summed E-state index contributed by atoms with van der Waals surface area (Å²) in [6.45, 7) is 0.421. The van der Waals surface area contributed by atoms with E-state index in [4.69, 9.17) is 28.6 Å². The van der Waals surface area contributed by atoms with E-state index in [0.29, 0.717) is 26.8 Å². The minimum Gasteiger partial charge on any atom is -0.343 e. The van der Waals surface area contributed by atoms with Gasteiger partial charge in [-0.05, 0) is 54.2 Å². The second-order valence-electron chi connectivity index (χ2n) is 6.92. The Kier molecular flexibility index (Phi) is 5.42. The smallest absolute Gasteiger partial charge is 0.283 e. The summed E-state index contributed by atoms with van der Waals surface area (Å²) in [5, 5.41) is 16.6. The lowest BCUT2D eigenvalue weighted by atomic mass is 10.1. The van der Waals surface area contributed by atoms with E-state index >= 15 is 0 Å². The van der Waals surface area contributed by atoms with Crippen molar-refractivity contribution in [3.8, 4) is 0 Å². The molecule has 2 aliphatic heterocycles. The molecule has 1 amide bonds. The number of thioether (sulfide) groups is 1. The zero-order chi connectivity index (χ0) is 22.2. The maximum absolute atomic E-state index is 12.7. The number of fused-ring (bicyclic) bond motifs is 1. The molecule has 0 saturated carbocycles. The fourth-order valence-corrected chi connectivity index (χ4v) is 4.72. The van der Waals surface area contributed by atoms with Gasteiger partial charge >= 0.3 is 0 Å². The number of aromatic nitrogens is 2. The van der Waals surface area contributed by atoms with Crippen molar-refractivity contribution >= 4 is 63.0 Å². The van der Waals surface area contributed by atoms with Crippen molar-refractivity contribution in [2.24, 2.45) is 10.1 Å². The van der Waals surface area contributed by atoms with Crippen LogP contribution in [-0.2, 0) is 11.3 Å². The van der Waals surface area contributed by atoms with Crippen molar-refractivity contribution in [2.45, 2.75) is 6.54 Å². The number of carbonyl (C=O) groups excluding carboxylic acids is 1. The highest BCUT2D eigenvalue weighted by Crippen LogP contribution is 2.31. The summed E-state index contributed by atoms with van der Waals surface area (Å²) in [5.41, 5.74) is 2.50. The number of amidine groups is 2. The zero-order valence-corrected chi connectivity index (χ0v) is 18.7. The summed E-state index contributed by atoms with van der Waals surface area (Å²) in [6.07, 6.45) is 6.83. The average molecular weight is 481 g/mol. The number of amides is 1. The largest absolute Gasteiger partial charge is 0.343 e. The number of pyridine rings is 1. The van der Waals surface area contributed by atoms with Crippen LogP contribution in [0.3, 0.4) is 0 Å². The van der Waals surface area contributed by atoms with E-state index in [1.165, 1.54) is 16.8 Å². The van der Waals surface area contributed by atoms with Crippen LogP contribution in [0.1, 0.15) is 16.8 Å². The van der Waals surface area contributed by atoms with Crippen molar-refractivity contribution in [1.29, 1.82) is 5.41 Å². The van der Waals surface area contributed by atoms with Crippen LogP contribution in [0, 0.1) is 5.41 Å². The minimum atomic E-state index is -0.483. The molecule has 10 heteroatoms. The molecule has 2 aliphatic rings. The van der Waals surface area contributed by atoms with Crippen molar-refractivity contribution in [3.05, 3.63) is 93.5 Å². The summed E-state index contributed by atoms with van der Waals surface area (Å²) in [6, 6.07) is 12.7. The van der Waals surface area contributed by atoms with Crippen LogP contribution in [0.2, 0.25) is 10.0 Å². The summed E-state index contributed by atoms with van der Waals surface area (Å²) in [5.74, 6) is -0.511. The van der Waals surface area contributed by atoms with Gasteiger partial charge in [0.15, 0.2) is 5.84 Å². The van der Waals surface area contributed by atoms with E-state index in [9.17, 15) is 4.79 Å². The van der Waals surface area contributed by atoms with Crippen LogP contribution < -0.4 is 0 Å². The molecule has 158 valence electrons. The number of nitrogens with zero attached hydrogens (tertiary/aromatic N) is 5. The second-order valence-corrected chi connectivity index (χ2v) is 8.69. The van der Waals surface area contributed by atoms with Crippen LogP contribution in [0.25, 0.3) is 6.08 Å². The van der Waals surface area contributed by atoms with Crippen molar-refractivity contribution in [1.82, 2.24) is 14.6 Å². The van der Waals surface area contributed by atoms with Gasteiger partial charge in [0.2, 0.25) is 5.17 Å². The van der Waals surface area contributed by atoms with E-state index < -0.39 is 5.91 Å². The predicted molar refractivity (Wildman–Crippen MR) is 128 cm³/mol. The first kappa shape index (κ1) is 20.7. The van der Waals surface area contributed by atoms with Gasteiger partial charge in [0.25, 0.3) is 5.91 Å². The molecule has 5 rings (SSSR count). The highest BCUT2D eigenvalue weighted by atomic mass is 35.5. The average Bonchev–Trinajstić information content (AvgIpc) is 3.41. The first-order valence-corrected chi connectivity index (χ1v) is 11.1. The van der Waals surface area contributed by atoms with Gasteiger partial charge in [0.1, 0.15) is 5.04 Å². The summed E-state index contributed by atoms with van der Waals surface area (Å²) in [7, 11) is 0. The summed E-state index contributed by atoms with van der Waals surface area (Å²) >= 11 is 13.9. The van der Waals surface area contributed by atoms with Crippen LogP contribution in [-0.4, -0.2) is 36.5 Å². The third-order valence-electron chi connectivity index (χ3n) is 4.93. The number of rotatable bonds is 4. The molecule has 1 N–H and O–H groups in total. The van der Waals surface area contributed by atoms with E-state index in [0.717, 1.165) is 16.8 Å². The fourth-order valence-electron chi connectivity index (χ4n) is 3.31. The molecule has 0 unspecified atom stereocenters. The standard InChI is InChI=1S/C22H14Cl2N6OS/c23-17-4-1-5-18(24)16(17)12-29-10-2-3-14(29)11-15-19(25)30-22(27-20(15)31)32-21(28-30)13-6-8-26-9-7-13/h1-11,25H,12H2. The molecule has 0 atom stereocenters. The Bertz CT molecular complexity index is 1330. The highest BCUT2D eigenvalue weighted by molar-refractivity contribution is 8.27. The maximum Gasteiger partial charge on any atom is 0.283 e. The summed E-state index contributed by atoms with van der Waals surface area (Å²) < 4.78 is 1.91. The molecule has 0 radical (unpaired) electrons. The molecular formula is C22H14Cl2N6OS. The van der Waals surface area contributed by atoms with Gasteiger partial charge < -0.3 is 4.57 Å². The maximum atomic E-state index is 12.7. The normalized spacial score (nSPS) is 16.9. The molecular weight excluding hydrogens is 467 g/mol. The van der Waals surface area contributed by atoms with Gasteiger partial charge in [-0.2, -0.15) is 15.1 Å². The molecule has 0 spiro atoms.